The normalized spacial score (nSPS) is 12.1. The molecule has 8 rings (SSSR count). The number of nitrogen functional groups attached to an aromatic ring is 2. The average Bonchev–Trinajstić information content (AvgIpc) is 3.35. The van der Waals surface area contributed by atoms with E-state index >= 15 is 0 Å². The molecule has 376 valence electrons. The lowest BCUT2D eigenvalue weighted by atomic mass is 9.86. The van der Waals surface area contributed by atoms with Gasteiger partial charge >= 0.3 is 0 Å². The number of benzene rings is 8. The van der Waals surface area contributed by atoms with Gasteiger partial charge in [-0.2, -0.15) is 0 Å². The van der Waals surface area contributed by atoms with Gasteiger partial charge in [-0.25, -0.2) is 5.84 Å². The average molecular weight is 986 g/mol. The summed E-state index contributed by atoms with van der Waals surface area (Å²) in [5.41, 5.74) is 32.6. The van der Waals surface area contributed by atoms with E-state index in [0.717, 1.165) is 50.8 Å². The third kappa shape index (κ3) is 11.3. The zero-order valence-electron chi connectivity index (χ0n) is 45.0. The van der Waals surface area contributed by atoms with Crippen molar-refractivity contribution < 1.29 is 0 Å². The highest BCUT2D eigenvalue weighted by Gasteiger charge is 2.28. The fourth-order valence-corrected chi connectivity index (χ4v) is 9.76. The molecule has 0 aliphatic heterocycles. The first-order chi connectivity index (χ1) is 34.4. The number of hydrazine groups is 1. The van der Waals surface area contributed by atoms with E-state index in [1.165, 1.54) is 22.3 Å². The van der Waals surface area contributed by atoms with E-state index in [1.54, 1.807) is 5.01 Å². The molecule has 8 aromatic rings. The molecule has 8 aromatic carbocycles. The Kier molecular flexibility index (Phi) is 14.6. The van der Waals surface area contributed by atoms with E-state index in [4.69, 9.17) is 30.1 Å². The maximum Gasteiger partial charge on any atom is 0.0857 e. The lowest BCUT2D eigenvalue weighted by Gasteiger charge is -2.30. The quantitative estimate of drug-likeness (QED) is 0.0360. The van der Waals surface area contributed by atoms with E-state index in [2.05, 4.69) is 255 Å². The van der Waals surface area contributed by atoms with E-state index in [9.17, 15) is 0 Å². The maximum atomic E-state index is 7.48. The number of rotatable bonds is 12. The number of nitrogens with zero attached hydrogens (tertiary/aromatic N) is 3. The summed E-state index contributed by atoms with van der Waals surface area (Å²) in [7, 11) is 0. The molecule has 7 N–H and O–H groups in total. The third-order valence-electron chi connectivity index (χ3n) is 13.9. The van der Waals surface area contributed by atoms with Crippen LogP contribution in [-0.4, -0.2) is 0 Å². The Morgan fingerprint density at radius 2 is 0.671 bits per heavy atom. The third-order valence-corrected chi connectivity index (χ3v) is 14.2. The van der Waals surface area contributed by atoms with Crippen LogP contribution in [0.4, 0.5) is 56.9 Å². The summed E-state index contributed by atoms with van der Waals surface area (Å²) in [4.78, 5) is 4.59. The molecule has 0 fully saturated rings. The summed E-state index contributed by atoms with van der Waals surface area (Å²) in [5.74, 6) is 7.20. The van der Waals surface area contributed by atoms with Gasteiger partial charge in [-0.05, 0) is 133 Å². The van der Waals surface area contributed by atoms with Gasteiger partial charge in [0.15, 0.2) is 0 Å². The molecular formula is C65H75N7S. The molecular weight excluding hydrogens is 911 g/mol. The van der Waals surface area contributed by atoms with Crippen LogP contribution in [0.15, 0.2) is 176 Å². The van der Waals surface area contributed by atoms with Crippen molar-refractivity contribution in [2.45, 2.75) is 111 Å². The van der Waals surface area contributed by atoms with Crippen molar-refractivity contribution in [3.05, 3.63) is 204 Å². The summed E-state index contributed by atoms with van der Waals surface area (Å²) >= 11 is 4.71. The van der Waals surface area contributed by atoms with Crippen LogP contribution in [0.25, 0.3) is 22.3 Å². The number of hydrogen-bond donors (Lipinski definition) is 5. The SMILES string of the molecule is CC(C)(C)c1ccc(N(c2ccc(-c3c(N)c(N(N)Cc4ccccc4)c(-c4ccc(N(c5ccc(C(C)(C)C)cc5)c5ccc(C(C)(C)C)cc5)cc4)c(N)c3NS)cc2)c2ccc(C(C)(C)C)cc2)cc1. The van der Waals surface area contributed by atoms with Crippen LogP contribution >= 0.6 is 12.8 Å². The summed E-state index contributed by atoms with van der Waals surface area (Å²) in [6.45, 7) is 27.3. The van der Waals surface area contributed by atoms with E-state index in [-0.39, 0.29) is 21.7 Å². The number of thiol groups is 1. The number of nitrogens with one attached hydrogen (secondary N) is 1. The zero-order valence-corrected chi connectivity index (χ0v) is 45.9. The van der Waals surface area contributed by atoms with Crippen LogP contribution < -0.4 is 36.8 Å². The molecule has 0 heterocycles. The smallest absolute Gasteiger partial charge is 0.0857 e. The van der Waals surface area contributed by atoms with Gasteiger partial charge in [-0.15, -0.1) is 0 Å². The van der Waals surface area contributed by atoms with Crippen LogP contribution in [0.2, 0.25) is 0 Å². The number of nitrogens with two attached hydrogens (primary N) is 3. The summed E-state index contributed by atoms with van der Waals surface area (Å²) in [6, 6.07) is 62.6. The predicted molar refractivity (Wildman–Crippen MR) is 320 cm³/mol. The van der Waals surface area contributed by atoms with Gasteiger partial charge in [0.1, 0.15) is 0 Å². The molecule has 0 saturated carbocycles. The molecule has 0 spiro atoms. The highest BCUT2D eigenvalue weighted by molar-refractivity contribution is 7.81. The highest BCUT2D eigenvalue weighted by Crippen LogP contribution is 2.52. The Labute approximate surface area is 441 Å². The molecule has 8 heteroatoms. The standard InChI is InChI=1S/C65H75N7S/c1-62(2,3)46-22-34-52(35-23-46)71(53-36-24-47(25-37-53)63(4,5)6)50-30-18-44(19-31-50)56-59(67)61(70(68)42-43-16-14-13-15-17-43)57(58(66)60(56)69-73)45-20-32-51(33-21-45)72(54-38-26-48(27-39-54)64(7,8)9)55-40-28-49(29-41-55)65(10,11)12/h13-41,69,73H,42,66-68H2,1-12H3. The molecule has 0 radical (unpaired) electrons. The minimum absolute atomic E-state index is 0.0237. The molecule has 0 aliphatic rings. The Morgan fingerprint density at radius 3 is 0.959 bits per heavy atom. The van der Waals surface area contributed by atoms with Crippen LogP contribution in [0, 0.1) is 0 Å². The summed E-state index contributed by atoms with van der Waals surface area (Å²) < 4.78 is 3.17. The van der Waals surface area contributed by atoms with Crippen molar-refractivity contribution in [1.29, 1.82) is 0 Å². The first kappa shape index (κ1) is 52.2. The molecule has 0 bridgehead atoms. The minimum Gasteiger partial charge on any atom is -0.396 e. The molecule has 73 heavy (non-hydrogen) atoms. The van der Waals surface area contributed by atoms with Crippen LogP contribution in [-0.2, 0) is 28.2 Å². The second-order valence-corrected chi connectivity index (χ2v) is 23.7. The van der Waals surface area contributed by atoms with Crippen molar-refractivity contribution in [3.8, 4) is 22.3 Å². The maximum absolute atomic E-state index is 7.48. The number of hydrogen-bond acceptors (Lipinski definition) is 8. The van der Waals surface area contributed by atoms with Crippen molar-refractivity contribution in [3.63, 3.8) is 0 Å². The molecule has 0 aromatic heterocycles. The molecule has 0 atom stereocenters. The minimum atomic E-state index is 0.0237. The Hall–Kier alpha value is -7.13. The largest absolute Gasteiger partial charge is 0.396 e. The van der Waals surface area contributed by atoms with Crippen molar-refractivity contribution in [1.82, 2.24) is 0 Å². The van der Waals surface area contributed by atoms with Crippen molar-refractivity contribution in [2.24, 2.45) is 5.84 Å². The molecule has 0 aliphatic carbocycles. The summed E-state index contributed by atoms with van der Waals surface area (Å²) in [5, 5.41) is 1.72. The second-order valence-electron chi connectivity index (χ2n) is 23.5. The Morgan fingerprint density at radius 1 is 0.384 bits per heavy atom. The van der Waals surface area contributed by atoms with Gasteiger partial charge < -0.3 is 31.0 Å². The second kappa shape index (κ2) is 20.4. The van der Waals surface area contributed by atoms with Gasteiger partial charge in [0.25, 0.3) is 0 Å². The topological polar surface area (TPSA) is 99.8 Å². The highest BCUT2D eigenvalue weighted by atomic mass is 32.1. The van der Waals surface area contributed by atoms with Crippen molar-refractivity contribution in [2.75, 3.05) is 31.0 Å². The fourth-order valence-electron chi connectivity index (χ4n) is 9.53. The van der Waals surface area contributed by atoms with E-state index in [1.807, 2.05) is 18.2 Å². The monoisotopic (exact) mass is 986 g/mol. The zero-order chi connectivity index (χ0) is 52.6. The molecule has 0 saturated heterocycles. The Balaban J connectivity index is 1.24. The van der Waals surface area contributed by atoms with Gasteiger partial charge in [0.05, 0.1) is 29.3 Å². The Bertz CT molecular complexity index is 3020. The van der Waals surface area contributed by atoms with Gasteiger partial charge in [-0.3, -0.25) is 0 Å². The lowest BCUT2D eigenvalue weighted by molar-refractivity contribution is 0.590. The predicted octanol–water partition coefficient (Wildman–Crippen LogP) is 17.5. The van der Waals surface area contributed by atoms with Gasteiger partial charge in [0, 0.05) is 45.3 Å². The lowest BCUT2D eigenvalue weighted by Crippen LogP contribution is -2.32. The fraction of sp³-hybridized carbons (Fsp3) is 0.262. The number of anilines is 10. The van der Waals surface area contributed by atoms with Crippen molar-refractivity contribution >= 4 is 69.7 Å². The summed E-state index contributed by atoms with van der Waals surface area (Å²) in [6.07, 6.45) is 0. The van der Waals surface area contributed by atoms with Crippen LogP contribution in [0.3, 0.4) is 0 Å². The van der Waals surface area contributed by atoms with E-state index in [0.29, 0.717) is 40.4 Å². The van der Waals surface area contributed by atoms with Gasteiger partial charge in [-0.1, -0.05) is 199 Å². The first-order valence-electron chi connectivity index (χ1n) is 25.4. The molecule has 7 nitrogen and oxygen atoms in total. The van der Waals surface area contributed by atoms with Crippen LogP contribution in [0.1, 0.15) is 111 Å². The molecule has 0 amide bonds. The van der Waals surface area contributed by atoms with Gasteiger partial charge in [0.2, 0.25) is 0 Å². The first-order valence-corrected chi connectivity index (χ1v) is 25.8. The van der Waals surface area contributed by atoms with Crippen LogP contribution in [0.5, 0.6) is 0 Å². The van der Waals surface area contributed by atoms with E-state index < -0.39 is 0 Å². The molecule has 0 unspecified atom stereocenters.